The van der Waals surface area contributed by atoms with Gasteiger partial charge in [-0.3, -0.25) is 4.79 Å². The number of halogens is 1. The first-order chi connectivity index (χ1) is 16.1. The molecule has 0 saturated carbocycles. The number of ether oxygens (including phenoxy) is 4. The van der Waals surface area contributed by atoms with Gasteiger partial charge in [0.2, 0.25) is 0 Å². The number of rotatable bonds is 11. The Labute approximate surface area is 197 Å². The number of hydrogen-bond donors (Lipinski definition) is 1. The van der Waals surface area contributed by atoms with Crippen molar-refractivity contribution in [1.29, 1.82) is 0 Å². The average molecular weight is 469 g/mol. The number of benzene rings is 3. The Morgan fingerprint density at radius 2 is 1.70 bits per heavy atom. The summed E-state index contributed by atoms with van der Waals surface area (Å²) in [4.78, 5) is 12.0. The van der Waals surface area contributed by atoms with Gasteiger partial charge in [-0.2, -0.15) is 5.10 Å². The Bertz CT molecular complexity index is 1090. The molecule has 0 radical (unpaired) electrons. The Morgan fingerprint density at radius 1 is 0.970 bits per heavy atom. The van der Waals surface area contributed by atoms with Crippen molar-refractivity contribution < 1.29 is 23.7 Å². The van der Waals surface area contributed by atoms with Crippen LogP contribution in [0.5, 0.6) is 23.0 Å². The van der Waals surface area contributed by atoms with E-state index < -0.39 is 0 Å². The van der Waals surface area contributed by atoms with Crippen LogP contribution >= 0.6 is 11.6 Å². The Hall–Kier alpha value is -3.71. The first-order valence-electron chi connectivity index (χ1n) is 10.3. The van der Waals surface area contributed by atoms with E-state index in [0.717, 1.165) is 16.9 Å². The predicted octanol–water partition coefficient (Wildman–Crippen LogP) is 4.86. The number of hydrazone groups is 1. The lowest BCUT2D eigenvalue weighted by Crippen LogP contribution is -2.24. The second kappa shape index (κ2) is 12.4. The highest BCUT2D eigenvalue weighted by Gasteiger charge is 2.07. The van der Waals surface area contributed by atoms with Crippen LogP contribution in [0.4, 0.5) is 0 Å². The third-order valence-electron chi connectivity index (χ3n) is 4.44. The summed E-state index contributed by atoms with van der Waals surface area (Å²) in [6.45, 7) is 2.65. The van der Waals surface area contributed by atoms with E-state index in [-0.39, 0.29) is 12.5 Å². The lowest BCUT2D eigenvalue weighted by atomic mass is 10.2. The highest BCUT2D eigenvalue weighted by molar-refractivity contribution is 6.31. The minimum atomic E-state index is -0.383. The van der Waals surface area contributed by atoms with Crippen molar-refractivity contribution >= 4 is 23.7 Å². The molecular formula is C25H25ClN2O5. The average Bonchev–Trinajstić information content (AvgIpc) is 2.83. The van der Waals surface area contributed by atoms with Crippen molar-refractivity contribution in [3.63, 3.8) is 0 Å². The Balaban J connectivity index is 1.49. The largest absolute Gasteiger partial charge is 0.494 e. The molecule has 0 aliphatic carbocycles. The summed E-state index contributed by atoms with van der Waals surface area (Å²) in [7, 11) is 1.55. The fourth-order valence-corrected chi connectivity index (χ4v) is 3.00. The van der Waals surface area contributed by atoms with E-state index in [0.29, 0.717) is 35.5 Å². The summed E-state index contributed by atoms with van der Waals surface area (Å²) in [6, 6.07) is 19.9. The number of methoxy groups -OCH3 is 1. The van der Waals surface area contributed by atoms with Gasteiger partial charge in [0.1, 0.15) is 18.1 Å². The quantitative estimate of drug-likeness (QED) is 0.321. The number of nitrogens with zero attached hydrogens (tertiary/aromatic N) is 1. The van der Waals surface area contributed by atoms with E-state index in [4.69, 9.17) is 30.5 Å². The molecule has 0 atom stereocenters. The molecule has 3 rings (SSSR count). The van der Waals surface area contributed by atoms with Crippen molar-refractivity contribution in [2.24, 2.45) is 5.10 Å². The predicted molar refractivity (Wildman–Crippen MR) is 128 cm³/mol. The van der Waals surface area contributed by atoms with E-state index >= 15 is 0 Å². The topological polar surface area (TPSA) is 78.4 Å². The molecule has 0 saturated heterocycles. The number of carbonyl (C=O) groups excluding carboxylic acids is 1. The van der Waals surface area contributed by atoms with Crippen molar-refractivity contribution in [1.82, 2.24) is 5.43 Å². The molecule has 172 valence electrons. The second-order valence-electron chi connectivity index (χ2n) is 6.78. The fraction of sp³-hybridized carbons (Fsp3) is 0.200. The third kappa shape index (κ3) is 7.43. The van der Waals surface area contributed by atoms with Crippen LogP contribution in [-0.4, -0.2) is 32.4 Å². The van der Waals surface area contributed by atoms with E-state index in [1.807, 2.05) is 31.2 Å². The Morgan fingerprint density at radius 3 is 2.39 bits per heavy atom. The molecule has 0 spiro atoms. The molecule has 0 aliphatic heterocycles. The highest BCUT2D eigenvalue weighted by Crippen LogP contribution is 2.29. The molecule has 0 aromatic heterocycles. The lowest BCUT2D eigenvalue weighted by Gasteiger charge is -2.12. The maximum atomic E-state index is 12.0. The number of hydrogen-bond acceptors (Lipinski definition) is 6. The van der Waals surface area contributed by atoms with Gasteiger partial charge in [-0.05, 0) is 61.0 Å². The molecule has 3 aromatic carbocycles. The SMILES string of the molecule is CCOc1ccc(OCC(=O)N/N=C/c2ccc(OCc3ccccc3Cl)c(OC)c2)cc1. The normalized spacial score (nSPS) is 10.6. The molecule has 8 heteroatoms. The molecular weight excluding hydrogens is 444 g/mol. The molecule has 33 heavy (non-hydrogen) atoms. The standard InChI is InChI=1S/C25H25ClN2O5/c1-3-31-20-9-11-21(12-10-20)32-17-25(29)28-27-15-18-8-13-23(24(14-18)30-2)33-16-19-6-4-5-7-22(19)26/h4-15H,3,16-17H2,1-2H3,(H,28,29)/b27-15+. The van der Waals surface area contributed by atoms with Gasteiger partial charge in [0.25, 0.3) is 5.91 Å². The van der Waals surface area contributed by atoms with Gasteiger partial charge in [0, 0.05) is 10.6 Å². The first-order valence-corrected chi connectivity index (χ1v) is 10.7. The van der Waals surface area contributed by atoms with E-state index in [2.05, 4.69) is 10.5 Å². The zero-order valence-corrected chi connectivity index (χ0v) is 19.2. The summed E-state index contributed by atoms with van der Waals surface area (Å²) in [5, 5.41) is 4.61. The molecule has 7 nitrogen and oxygen atoms in total. The highest BCUT2D eigenvalue weighted by atomic mass is 35.5. The van der Waals surface area contributed by atoms with E-state index in [9.17, 15) is 4.79 Å². The first kappa shape index (κ1) is 23.9. The summed E-state index contributed by atoms with van der Waals surface area (Å²) < 4.78 is 22.1. The van der Waals surface area contributed by atoms with Gasteiger partial charge >= 0.3 is 0 Å². The van der Waals surface area contributed by atoms with Crippen LogP contribution in [0.2, 0.25) is 5.02 Å². The van der Waals surface area contributed by atoms with Gasteiger partial charge in [-0.25, -0.2) is 5.43 Å². The number of nitrogens with one attached hydrogen (secondary N) is 1. The fourth-order valence-electron chi connectivity index (χ4n) is 2.81. The van der Waals surface area contributed by atoms with Gasteiger partial charge in [-0.15, -0.1) is 0 Å². The third-order valence-corrected chi connectivity index (χ3v) is 4.80. The minimum absolute atomic E-state index is 0.163. The van der Waals surface area contributed by atoms with Crippen LogP contribution in [0.3, 0.4) is 0 Å². The molecule has 0 bridgehead atoms. The molecule has 0 fully saturated rings. The van der Waals surface area contributed by atoms with Crippen LogP contribution in [0.1, 0.15) is 18.1 Å². The van der Waals surface area contributed by atoms with Crippen molar-refractivity contribution in [3.8, 4) is 23.0 Å². The van der Waals surface area contributed by atoms with Gasteiger partial charge < -0.3 is 18.9 Å². The van der Waals surface area contributed by atoms with Crippen LogP contribution < -0.4 is 24.4 Å². The van der Waals surface area contributed by atoms with Crippen molar-refractivity contribution in [2.45, 2.75) is 13.5 Å². The van der Waals surface area contributed by atoms with E-state index in [1.54, 1.807) is 49.6 Å². The number of carbonyl (C=O) groups is 1. The zero-order valence-electron chi connectivity index (χ0n) is 18.4. The summed E-state index contributed by atoms with van der Waals surface area (Å²) in [5.41, 5.74) is 4.04. The maximum absolute atomic E-state index is 12.0. The summed E-state index contributed by atoms with van der Waals surface area (Å²) >= 11 is 6.17. The second-order valence-corrected chi connectivity index (χ2v) is 7.18. The van der Waals surface area contributed by atoms with Crippen LogP contribution in [-0.2, 0) is 11.4 Å². The smallest absolute Gasteiger partial charge is 0.277 e. The van der Waals surface area contributed by atoms with Crippen molar-refractivity contribution in [3.05, 3.63) is 82.9 Å². The van der Waals surface area contributed by atoms with Crippen LogP contribution in [0, 0.1) is 0 Å². The van der Waals surface area contributed by atoms with Crippen molar-refractivity contribution in [2.75, 3.05) is 20.3 Å². The van der Waals surface area contributed by atoms with Gasteiger partial charge in [-0.1, -0.05) is 29.8 Å². The summed E-state index contributed by atoms with van der Waals surface area (Å²) in [5.74, 6) is 2.04. The molecule has 1 N–H and O–H groups in total. The summed E-state index contributed by atoms with van der Waals surface area (Å²) in [6.07, 6.45) is 1.51. The zero-order chi connectivity index (χ0) is 23.5. The number of amides is 1. The molecule has 0 unspecified atom stereocenters. The lowest BCUT2D eigenvalue weighted by molar-refractivity contribution is -0.123. The monoisotopic (exact) mass is 468 g/mol. The molecule has 3 aromatic rings. The molecule has 0 aliphatic rings. The van der Waals surface area contributed by atoms with E-state index in [1.165, 1.54) is 6.21 Å². The Kier molecular flexibility index (Phi) is 8.97. The van der Waals surface area contributed by atoms with Gasteiger partial charge in [0.05, 0.1) is 19.9 Å². The maximum Gasteiger partial charge on any atom is 0.277 e. The van der Waals surface area contributed by atoms with Gasteiger partial charge in [0.15, 0.2) is 18.1 Å². The minimum Gasteiger partial charge on any atom is -0.494 e. The van der Waals surface area contributed by atoms with Crippen LogP contribution in [0.25, 0.3) is 0 Å². The van der Waals surface area contributed by atoms with Crippen LogP contribution in [0.15, 0.2) is 71.8 Å². The molecule has 0 heterocycles. The molecule has 1 amide bonds.